The first-order valence-corrected chi connectivity index (χ1v) is 14.5. The second kappa shape index (κ2) is 15.3. The van der Waals surface area contributed by atoms with Crippen molar-refractivity contribution < 1.29 is 0 Å². The summed E-state index contributed by atoms with van der Waals surface area (Å²) in [6.07, 6.45) is 7.30. The predicted molar refractivity (Wildman–Crippen MR) is 162 cm³/mol. The summed E-state index contributed by atoms with van der Waals surface area (Å²) in [6.45, 7) is 6.15. The maximum atomic E-state index is 3.92. The average Bonchev–Trinajstić information content (AvgIpc) is 2.98. The van der Waals surface area contributed by atoms with E-state index in [-0.39, 0.29) is 12.1 Å². The van der Waals surface area contributed by atoms with Crippen LogP contribution in [-0.2, 0) is 25.9 Å². The number of unbranched alkanes of at least 4 members (excludes halogenated alkanes) is 2. The van der Waals surface area contributed by atoms with Crippen molar-refractivity contribution in [3.8, 4) is 0 Å². The van der Waals surface area contributed by atoms with Gasteiger partial charge in [-0.05, 0) is 59.1 Å². The molecule has 2 heteroatoms. The molecule has 4 aromatic rings. The Morgan fingerprint density at radius 3 is 1.13 bits per heavy atom. The third kappa shape index (κ3) is 8.41. The Morgan fingerprint density at radius 2 is 0.789 bits per heavy atom. The largest absolute Gasteiger partial charge is 0.304 e. The zero-order valence-electron chi connectivity index (χ0n) is 23.2. The maximum absolute atomic E-state index is 3.92. The minimum atomic E-state index is 0.127. The van der Waals surface area contributed by atoms with Gasteiger partial charge in [-0.3, -0.25) is 0 Å². The first-order chi connectivity index (χ1) is 18.8. The van der Waals surface area contributed by atoms with E-state index in [1.165, 1.54) is 59.1 Å². The van der Waals surface area contributed by atoms with Gasteiger partial charge in [0.1, 0.15) is 0 Å². The van der Waals surface area contributed by atoms with Gasteiger partial charge >= 0.3 is 0 Å². The standard InChI is InChI=1S/C36H44N2/c1-3-5-13-29-19-23-31(24-20-29)27-37-35(33-15-9-7-10-16-33)36(34-17-11-8-12-18-34)38-28-32-25-21-30(22-26-32)14-6-4-2/h7-12,15-26,35-38H,3-6,13-14,27-28H2,1-2H3. The molecule has 0 aliphatic carbocycles. The predicted octanol–water partition coefficient (Wildman–Crippen LogP) is 8.73. The summed E-state index contributed by atoms with van der Waals surface area (Å²) in [4.78, 5) is 0. The summed E-state index contributed by atoms with van der Waals surface area (Å²) in [5.41, 5.74) is 8.09. The van der Waals surface area contributed by atoms with Gasteiger partial charge in [0.15, 0.2) is 0 Å². The fraction of sp³-hybridized carbons (Fsp3) is 0.333. The second-order valence-electron chi connectivity index (χ2n) is 10.4. The normalized spacial score (nSPS) is 12.8. The van der Waals surface area contributed by atoms with E-state index in [0.29, 0.717) is 0 Å². The molecule has 2 N–H and O–H groups in total. The van der Waals surface area contributed by atoms with Gasteiger partial charge in [0.05, 0.1) is 12.1 Å². The third-order valence-corrected chi connectivity index (χ3v) is 7.39. The molecule has 0 aliphatic heterocycles. The van der Waals surface area contributed by atoms with E-state index >= 15 is 0 Å². The topological polar surface area (TPSA) is 24.1 Å². The van der Waals surface area contributed by atoms with Crippen LogP contribution in [0.1, 0.15) is 85.0 Å². The molecule has 2 atom stereocenters. The van der Waals surface area contributed by atoms with Crippen molar-refractivity contribution in [2.24, 2.45) is 0 Å². The van der Waals surface area contributed by atoms with Crippen molar-refractivity contribution in [3.05, 3.63) is 143 Å². The summed E-state index contributed by atoms with van der Waals surface area (Å²) < 4.78 is 0. The quantitative estimate of drug-likeness (QED) is 0.169. The minimum Gasteiger partial charge on any atom is -0.304 e. The summed E-state index contributed by atoms with van der Waals surface area (Å²) >= 11 is 0. The lowest BCUT2D eigenvalue weighted by atomic mass is 9.92. The smallest absolute Gasteiger partial charge is 0.0521 e. The highest BCUT2D eigenvalue weighted by Gasteiger charge is 2.24. The molecule has 0 spiro atoms. The fourth-order valence-electron chi connectivity index (χ4n) is 5.04. The average molecular weight is 505 g/mol. The molecule has 0 radical (unpaired) electrons. The molecule has 4 rings (SSSR count). The molecular formula is C36H44N2. The SMILES string of the molecule is CCCCc1ccc(CNC(c2ccccc2)C(NCc2ccc(CCCC)cc2)c2ccccc2)cc1. The third-order valence-electron chi connectivity index (χ3n) is 7.39. The van der Waals surface area contributed by atoms with Crippen LogP contribution in [0.3, 0.4) is 0 Å². The number of benzene rings is 4. The molecule has 0 saturated carbocycles. The second-order valence-corrected chi connectivity index (χ2v) is 10.4. The molecule has 0 amide bonds. The Morgan fingerprint density at radius 1 is 0.447 bits per heavy atom. The molecule has 38 heavy (non-hydrogen) atoms. The van der Waals surface area contributed by atoms with E-state index in [2.05, 4.69) is 134 Å². The van der Waals surface area contributed by atoms with Gasteiger partial charge in [-0.2, -0.15) is 0 Å². The van der Waals surface area contributed by atoms with E-state index in [4.69, 9.17) is 0 Å². The highest BCUT2D eigenvalue weighted by molar-refractivity contribution is 5.30. The fourth-order valence-corrected chi connectivity index (χ4v) is 5.04. The van der Waals surface area contributed by atoms with Gasteiger partial charge in [0.25, 0.3) is 0 Å². The van der Waals surface area contributed by atoms with Crippen molar-refractivity contribution in [1.29, 1.82) is 0 Å². The van der Waals surface area contributed by atoms with Crippen LogP contribution in [-0.4, -0.2) is 0 Å². The van der Waals surface area contributed by atoms with E-state index in [1.54, 1.807) is 0 Å². The monoisotopic (exact) mass is 504 g/mol. The summed E-state index contributed by atoms with van der Waals surface area (Å²) in [7, 11) is 0. The highest BCUT2D eigenvalue weighted by atomic mass is 15.0. The van der Waals surface area contributed by atoms with E-state index in [9.17, 15) is 0 Å². The van der Waals surface area contributed by atoms with Gasteiger partial charge in [0.2, 0.25) is 0 Å². The van der Waals surface area contributed by atoms with Crippen molar-refractivity contribution >= 4 is 0 Å². The summed E-state index contributed by atoms with van der Waals surface area (Å²) in [6, 6.07) is 40.3. The number of hydrogen-bond acceptors (Lipinski definition) is 2. The lowest BCUT2D eigenvalue weighted by molar-refractivity contribution is 0.381. The Labute approximate surface area is 230 Å². The molecule has 0 aromatic heterocycles. The molecule has 0 saturated heterocycles. The number of hydrogen-bond donors (Lipinski definition) is 2. The van der Waals surface area contributed by atoms with Crippen molar-refractivity contribution in [3.63, 3.8) is 0 Å². The zero-order chi connectivity index (χ0) is 26.4. The van der Waals surface area contributed by atoms with Crippen molar-refractivity contribution in [2.75, 3.05) is 0 Å². The van der Waals surface area contributed by atoms with Crippen LogP contribution >= 0.6 is 0 Å². The highest BCUT2D eigenvalue weighted by Crippen LogP contribution is 2.30. The van der Waals surface area contributed by atoms with Gasteiger partial charge in [-0.25, -0.2) is 0 Å². The van der Waals surface area contributed by atoms with E-state index < -0.39 is 0 Å². The van der Waals surface area contributed by atoms with Crippen LogP contribution in [0.15, 0.2) is 109 Å². The summed E-state index contributed by atoms with van der Waals surface area (Å²) in [5, 5.41) is 7.84. The van der Waals surface area contributed by atoms with Gasteiger partial charge < -0.3 is 10.6 Å². The van der Waals surface area contributed by atoms with Crippen molar-refractivity contribution in [1.82, 2.24) is 10.6 Å². The zero-order valence-corrected chi connectivity index (χ0v) is 23.2. The Hall–Kier alpha value is -3.20. The molecular weight excluding hydrogens is 460 g/mol. The van der Waals surface area contributed by atoms with Crippen LogP contribution in [0, 0.1) is 0 Å². The van der Waals surface area contributed by atoms with E-state index in [1.807, 2.05) is 0 Å². The molecule has 2 nitrogen and oxygen atoms in total. The van der Waals surface area contributed by atoms with E-state index in [0.717, 1.165) is 25.9 Å². The maximum Gasteiger partial charge on any atom is 0.0521 e. The number of nitrogens with one attached hydrogen (secondary N) is 2. The lowest BCUT2D eigenvalue weighted by Crippen LogP contribution is -2.35. The first-order valence-electron chi connectivity index (χ1n) is 14.5. The molecule has 2 unspecified atom stereocenters. The molecule has 4 aromatic carbocycles. The molecule has 0 fully saturated rings. The molecule has 198 valence electrons. The van der Waals surface area contributed by atoms with Crippen LogP contribution in [0.4, 0.5) is 0 Å². The first kappa shape index (κ1) is 27.8. The van der Waals surface area contributed by atoms with Gasteiger partial charge in [-0.1, -0.05) is 136 Å². The van der Waals surface area contributed by atoms with Crippen molar-refractivity contribution in [2.45, 2.75) is 77.5 Å². The lowest BCUT2D eigenvalue weighted by Gasteiger charge is -2.30. The minimum absolute atomic E-state index is 0.127. The van der Waals surface area contributed by atoms with Crippen LogP contribution in [0.5, 0.6) is 0 Å². The summed E-state index contributed by atoms with van der Waals surface area (Å²) in [5.74, 6) is 0. The Kier molecular flexibility index (Phi) is 11.2. The van der Waals surface area contributed by atoms with Crippen LogP contribution in [0.2, 0.25) is 0 Å². The number of aryl methyl sites for hydroxylation is 2. The van der Waals surface area contributed by atoms with Crippen LogP contribution < -0.4 is 10.6 Å². The Bertz CT molecular complexity index is 1070. The van der Waals surface area contributed by atoms with Gasteiger partial charge in [-0.15, -0.1) is 0 Å². The molecule has 0 heterocycles. The number of rotatable bonds is 15. The Balaban J connectivity index is 1.53. The molecule has 0 aliphatic rings. The van der Waals surface area contributed by atoms with Gasteiger partial charge in [0, 0.05) is 13.1 Å². The molecule has 0 bridgehead atoms. The van der Waals surface area contributed by atoms with Crippen LogP contribution in [0.25, 0.3) is 0 Å².